The van der Waals surface area contributed by atoms with Crippen molar-refractivity contribution in [3.63, 3.8) is 0 Å². The van der Waals surface area contributed by atoms with Crippen molar-refractivity contribution in [2.24, 2.45) is 5.92 Å². The summed E-state index contributed by atoms with van der Waals surface area (Å²) < 4.78 is 1.46. The molecule has 0 spiro atoms. The number of rotatable bonds is 4. The van der Waals surface area contributed by atoms with Crippen LogP contribution in [0.25, 0.3) is 10.9 Å². The van der Waals surface area contributed by atoms with Gasteiger partial charge in [0.05, 0.1) is 10.9 Å². The number of nitrogens with one attached hydrogen (secondary N) is 2. The van der Waals surface area contributed by atoms with Crippen LogP contribution in [0.2, 0.25) is 0 Å². The minimum Gasteiger partial charge on any atom is -0.353 e. The molecule has 1 amide bonds. The molecule has 1 saturated carbocycles. The van der Waals surface area contributed by atoms with Gasteiger partial charge in [-0.1, -0.05) is 31.9 Å². The number of carbonyl (C=O) groups is 1. The van der Waals surface area contributed by atoms with Gasteiger partial charge in [-0.2, -0.15) is 0 Å². The van der Waals surface area contributed by atoms with E-state index in [2.05, 4.69) is 17.2 Å². The van der Waals surface area contributed by atoms with Gasteiger partial charge in [0, 0.05) is 19.0 Å². The Balaban J connectivity index is 1.73. The fraction of sp³-hybridized carbons (Fsp3) is 0.500. The number of nitrogens with zero attached hydrogens (tertiary/aromatic N) is 1. The van der Waals surface area contributed by atoms with E-state index in [9.17, 15) is 14.4 Å². The summed E-state index contributed by atoms with van der Waals surface area (Å²) in [6.45, 7) is 2.42. The zero-order valence-electron chi connectivity index (χ0n) is 13.9. The predicted molar refractivity (Wildman–Crippen MR) is 93.0 cm³/mol. The first-order valence-electron chi connectivity index (χ1n) is 8.57. The number of aromatic amines is 1. The number of aryl methyl sites for hydroxylation is 1. The van der Waals surface area contributed by atoms with Crippen LogP contribution in [0.5, 0.6) is 0 Å². The second kappa shape index (κ2) is 7.03. The molecule has 6 nitrogen and oxygen atoms in total. The van der Waals surface area contributed by atoms with E-state index in [-0.39, 0.29) is 24.9 Å². The molecular weight excluding hydrogens is 306 g/mol. The molecule has 1 aliphatic carbocycles. The van der Waals surface area contributed by atoms with Crippen molar-refractivity contribution in [3.05, 3.63) is 45.1 Å². The molecule has 6 heteroatoms. The third-order valence-corrected chi connectivity index (χ3v) is 4.93. The van der Waals surface area contributed by atoms with Crippen LogP contribution >= 0.6 is 0 Å². The van der Waals surface area contributed by atoms with E-state index in [1.807, 2.05) is 0 Å². The SMILES string of the molecule is C[C@@H]1CCCC[C@@H]1NC(=O)CCn1c(=O)[nH]c(=O)c2ccccc21. The first-order valence-corrected chi connectivity index (χ1v) is 8.57. The molecule has 0 saturated heterocycles. The van der Waals surface area contributed by atoms with Gasteiger partial charge in [0.15, 0.2) is 0 Å². The van der Waals surface area contributed by atoms with Gasteiger partial charge in [-0.15, -0.1) is 0 Å². The average molecular weight is 329 g/mol. The van der Waals surface area contributed by atoms with Crippen molar-refractivity contribution in [2.45, 2.75) is 51.6 Å². The zero-order chi connectivity index (χ0) is 17.1. The molecule has 1 aromatic heterocycles. The van der Waals surface area contributed by atoms with Crippen molar-refractivity contribution >= 4 is 16.8 Å². The molecule has 24 heavy (non-hydrogen) atoms. The lowest BCUT2D eigenvalue weighted by Gasteiger charge is -2.29. The average Bonchev–Trinajstić information content (AvgIpc) is 2.57. The number of para-hydroxylation sites is 1. The molecule has 1 heterocycles. The number of aromatic nitrogens is 2. The van der Waals surface area contributed by atoms with Crippen molar-refractivity contribution in [2.75, 3.05) is 0 Å². The molecule has 2 aromatic rings. The maximum absolute atomic E-state index is 12.2. The number of benzene rings is 1. The second-order valence-corrected chi connectivity index (χ2v) is 6.61. The molecule has 0 bridgehead atoms. The van der Waals surface area contributed by atoms with Gasteiger partial charge in [-0.25, -0.2) is 4.79 Å². The van der Waals surface area contributed by atoms with Crippen LogP contribution in [-0.2, 0) is 11.3 Å². The lowest BCUT2D eigenvalue weighted by molar-refractivity contribution is -0.122. The Morgan fingerprint density at radius 1 is 1.25 bits per heavy atom. The van der Waals surface area contributed by atoms with Gasteiger partial charge in [-0.05, 0) is 30.9 Å². The lowest BCUT2D eigenvalue weighted by atomic mass is 9.86. The van der Waals surface area contributed by atoms with E-state index >= 15 is 0 Å². The number of fused-ring (bicyclic) bond motifs is 1. The number of carbonyl (C=O) groups excluding carboxylic acids is 1. The van der Waals surface area contributed by atoms with Gasteiger partial charge in [-0.3, -0.25) is 19.1 Å². The van der Waals surface area contributed by atoms with Crippen LogP contribution in [0.4, 0.5) is 0 Å². The normalized spacial score (nSPS) is 20.9. The van der Waals surface area contributed by atoms with E-state index in [1.165, 1.54) is 11.0 Å². The van der Waals surface area contributed by atoms with Gasteiger partial charge in [0.2, 0.25) is 5.91 Å². The summed E-state index contributed by atoms with van der Waals surface area (Å²) in [4.78, 5) is 38.5. The monoisotopic (exact) mass is 329 g/mol. The number of hydrogen-bond acceptors (Lipinski definition) is 3. The summed E-state index contributed by atoms with van der Waals surface area (Å²) in [5.74, 6) is 0.454. The Morgan fingerprint density at radius 3 is 2.79 bits per heavy atom. The maximum Gasteiger partial charge on any atom is 0.328 e. The molecule has 0 unspecified atom stereocenters. The Labute approximate surface area is 139 Å². The fourth-order valence-corrected chi connectivity index (χ4v) is 3.49. The summed E-state index contributed by atoms with van der Waals surface area (Å²) in [7, 11) is 0. The highest BCUT2D eigenvalue weighted by molar-refractivity contribution is 5.79. The first-order chi connectivity index (χ1) is 11.6. The van der Waals surface area contributed by atoms with Gasteiger partial charge in [0.25, 0.3) is 5.56 Å². The predicted octanol–water partition coefficient (Wildman–Crippen LogP) is 1.77. The molecule has 3 rings (SSSR count). The van der Waals surface area contributed by atoms with Crippen molar-refractivity contribution in [1.82, 2.24) is 14.9 Å². The first kappa shape index (κ1) is 16.5. The quantitative estimate of drug-likeness (QED) is 0.897. The number of H-pyrrole nitrogens is 1. The van der Waals surface area contributed by atoms with E-state index in [4.69, 9.17) is 0 Å². The summed E-state index contributed by atoms with van der Waals surface area (Å²) in [6, 6.07) is 7.17. The number of amides is 1. The molecule has 1 aliphatic rings. The Hall–Kier alpha value is -2.37. The van der Waals surface area contributed by atoms with Crippen LogP contribution < -0.4 is 16.6 Å². The van der Waals surface area contributed by atoms with Gasteiger partial charge < -0.3 is 5.32 Å². The minimum atomic E-state index is -0.475. The molecule has 0 aliphatic heterocycles. The molecule has 2 atom stereocenters. The summed E-state index contributed by atoms with van der Waals surface area (Å²) in [6.07, 6.45) is 4.77. The Bertz CT molecular complexity index is 852. The minimum absolute atomic E-state index is 0.0454. The van der Waals surface area contributed by atoms with Crippen LogP contribution in [0.3, 0.4) is 0 Å². The van der Waals surface area contributed by atoms with Gasteiger partial charge in [0.1, 0.15) is 0 Å². The standard InChI is InChI=1S/C18H23N3O3/c1-12-6-2-4-8-14(12)19-16(22)10-11-21-15-9-5-3-7-13(15)17(23)20-18(21)24/h3,5,7,9,12,14H,2,4,6,8,10-11H2,1H3,(H,19,22)(H,20,23,24)/t12-,14+/m1/s1. The highest BCUT2D eigenvalue weighted by Crippen LogP contribution is 2.23. The Kier molecular flexibility index (Phi) is 4.83. The number of hydrogen-bond donors (Lipinski definition) is 2. The third kappa shape index (κ3) is 3.42. The van der Waals surface area contributed by atoms with Crippen molar-refractivity contribution in [3.8, 4) is 0 Å². The molecule has 1 fully saturated rings. The van der Waals surface area contributed by atoms with E-state index < -0.39 is 11.2 Å². The summed E-state index contributed by atoms with van der Waals surface area (Å²) in [5, 5.41) is 3.55. The third-order valence-electron chi connectivity index (χ3n) is 4.93. The Morgan fingerprint density at radius 2 is 2.00 bits per heavy atom. The highest BCUT2D eigenvalue weighted by atomic mass is 16.2. The van der Waals surface area contributed by atoms with Crippen LogP contribution in [0.1, 0.15) is 39.0 Å². The topological polar surface area (TPSA) is 84.0 Å². The zero-order valence-corrected chi connectivity index (χ0v) is 13.9. The van der Waals surface area contributed by atoms with E-state index in [0.717, 1.165) is 19.3 Å². The largest absolute Gasteiger partial charge is 0.353 e. The molecule has 128 valence electrons. The van der Waals surface area contributed by atoms with E-state index in [0.29, 0.717) is 16.8 Å². The van der Waals surface area contributed by atoms with Crippen LogP contribution in [0.15, 0.2) is 33.9 Å². The summed E-state index contributed by atoms with van der Waals surface area (Å²) >= 11 is 0. The smallest absolute Gasteiger partial charge is 0.328 e. The molecule has 2 N–H and O–H groups in total. The van der Waals surface area contributed by atoms with Crippen molar-refractivity contribution in [1.29, 1.82) is 0 Å². The lowest BCUT2D eigenvalue weighted by Crippen LogP contribution is -2.41. The second-order valence-electron chi connectivity index (χ2n) is 6.61. The van der Waals surface area contributed by atoms with E-state index in [1.54, 1.807) is 24.3 Å². The fourth-order valence-electron chi connectivity index (χ4n) is 3.49. The van der Waals surface area contributed by atoms with Crippen LogP contribution in [0, 0.1) is 5.92 Å². The highest BCUT2D eigenvalue weighted by Gasteiger charge is 2.22. The van der Waals surface area contributed by atoms with Gasteiger partial charge >= 0.3 is 5.69 Å². The maximum atomic E-state index is 12.2. The molecule has 1 aromatic carbocycles. The summed E-state index contributed by atoms with van der Waals surface area (Å²) in [5.41, 5.74) is -0.310. The van der Waals surface area contributed by atoms with Crippen molar-refractivity contribution < 1.29 is 4.79 Å². The molecule has 0 radical (unpaired) electrons. The van der Waals surface area contributed by atoms with Crippen LogP contribution in [-0.4, -0.2) is 21.5 Å². The molecular formula is C18H23N3O3.